The molecule has 0 aliphatic carbocycles. The molecule has 2 aromatic carbocycles. The van der Waals surface area contributed by atoms with Gasteiger partial charge in [-0.15, -0.1) is 0 Å². The molecule has 2 heterocycles. The van der Waals surface area contributed by atoms with Crippen molar-refractivity contribution in [2.75, 3.05) is 31.9 Å². The fraction of sp³-hybridized carbons (Fsp3) is 0.615. The lowest BCUT2D eigenvalue weighted by molar-refractivity contribution is 0.0624. The highest BCUT2D eigenvalue weighted by Gasteiger charge is 2.29. The fourth-order valence-corrected chi connectivity index (χ4v) is 7.69. The summed E-state index contributed by atoms with van der Waals surface area (Å²) in [6.45, 7) is 5.45. The minimum absolute atomic E-state index is 0.00115. The molecule has 0 bridgehead atoms. The van der Waals surface area contributed by atoms with Crippen LogP contribution < -0.4 is 15.8 Å². The normalized spacial score (nSPS) is 13.5. The molecule has 0 saturated carbocycles. The lowest BCUT2D eigenvalue weighted by Crippen LogP contribution is -2.20. The first kappa shape index (κ1) is 40.5. The van der Waals surface area contributed by atoms with Crippen LogP contribution in [0.2, 0.25) is 0 Å². The van der Waals surface area contributed by atoms with E-state index in [-0.39, 0.29) is 24.4 Å². The lowest BCUT2D eigenvalue weighted by atomic mass is 10.0. The van der Waals surface area contributed by atoms with Crippen LogP contribution in [-0.2, 0) is 25.1 Å². The van der Waals surface area contributed by atoms with Crippen molar-refractivity contribution in [2.24, 2.45) is 0 Å². The summed E-state index contributed by atoms with van der Waals surface area (Å²) in [5.74, 6) is 0.461. The summed E-state index contributed by atoms with van der Waals surface area (Å²) in [5.41, 5.74) is 5.85. The SMILES string of the molecule is CCCCCCCCCCCCCCCCCCOCCOP(=O)(COC(C)Cn1cnc2c(=O)[nH]c(N)nc21)Oc1cccc2ccccc12. The van der Waals surface area contributed by atoms with E-state index >= 15 is 0 Å². The molecule has 2 aromatic heterocycles. The van der Waals surface area contributed by atoms with E-state index < -0.39 is 19.3 Å². The van der Waals surface area contributed by atoms with Gasteiger partial charge in [-0.05, 0) is 24.8 Å². The van der Waals surface area contributed by atoms with Crippen LogP contribution in [0, 0.1) is 0 Å². The van der Waals surface area contributed by atoms with Gasteiger partial charge in [0.1, 0.15) is 5.75 Å². The average molecular weight is 726 g/mol. The number of fused-ring (bicyclic) bond motifs is 2. The van der Waals surface area contributed by atoms with Gasteiger partial charge < -0.3 is 24.3 Å². The van der Waals surface area contributed by atoms with Crippen molar-refractivity contribution in [3.63, 3.8) is 0 Å². The molecule has 2 unspecified atom stereocenters. The topological polar surface area (TPSA) is 144 Å². The van der Waals surface area contributed by atoms with Crippen molar-refractivity contribution in [1.29, 1.82) is 0 Å². The van der Waals surface area contributed by atoms with E-state index in [2.05, 4.69) is 21.9 Å². The van der Waals surface area contributed by atoms with Crippen molar-refractivity contribution < 1.29 is 23.1 Å². The molecule has 282 valence electrons. The number of nitrogen functional groups attached to an aromatic ring is 1. The number of nitrogens with two attached hydrogens (primary N) is 1. The van der Waals surface area contributed by atoms with Gasteiger partial charge in [-0.1, -0.05) is 140 Å². The molecule has 3 N–H and O–H groups in total. The fourth-order valence-electron chi connectivity index (χ4n) is 6.26. The van der Waals surface area contributed by atoms with Gasteiger partial charge in [-0.3, -0.25) is 14.3 Å². The van der Waals surface area contributed by atoms with E-state index in [1.807, 2.05) is 43.3 Å². The molecular weight excluding hydrogens is 665 g/mol. The molecule has 11 nitrogen and oxygen atoms in total. The first-order chi connectivity index (χ1) is 24.9. The monoisotopic (exact) mass is 725 g/mol. The minimum Gasteiger partial charge on any atom is -0.422 e. The van der Waals surface area contributed by atoms with Gasteiger partial charge in [-0.25, -0.2) is 9.55 Å². The zero-order chi connectivity index (χ0) is 36.2. The first-order valence-corrected chi connectivity index (χ1v) is 20.9. The standard InChI is InChI=1S/C39H60N5O6P/c1-3-4-5-6-7-8-9-10-11-12-13-14-15-16-17-20-26-47-27-28-49-51(46,50-35-25-21-23-33-22-18-19-24-34(33)35)31-48-32(2)29-44-30-41-36-37(44)42-39(40)43-38(36)45/h18-19,21-25,30,32H,3-17,20,26-29,31H2,1-2H3,(H3,40,42,43,45). The molecule has 51 heavy (non-hydrogen) atoms. The lowest BCUT2D eigenvalue weighted by Gasteiger charge is -2.22. The molecule has 12 heteroatoms. The third-order valence-corrected chi connectivity index (χ3v) is 10.6. The van der Waals surface area contributed by atoms with Crippen LogP contribution in [0.1, 0.15) is 117 Å². The number of nitrogens with zero attached hydrogens (tertiary/aromatic N) is 3. The number of hydrogen-bond acceptors (Lipinski definition) is 9. The third-order valence-electron chi connectivity index (χ3n) is 9.11. The second-order valence-electron chi connectivity index (χ2n) is 13.6. The van der Waals surface area contributed by atoms with Gasteiger partial charge >= 0.3 is 7.60 Å². The number of unbranched alkanes of at least 4 members (excludes halogenated alkanes) is 15. The predicted molar refractivity (Wildman–Crippen MR) is 206 cm³/mol. The highest BCUT2D eigenvalue weighted by Crippen LogP contribution is 2.50. The van der Waals surface area contributed by atoms with E-state index in [1.54, 1.807) is 10.6 Å². The summed E-state index contributed by atoms with van der Waals surface area (Å²) in [5, 5.41) is 1.79. The molecular formula is C39H60N5O6P. The second kappa shape index (κ2) is 22.6. The number of hydrogen-bond donors (Lipinski definition) is 2. The highest BCUT2D eigenvalue weighted by atomic mass is 31.2. The van der Waals surface area contributed by atoms with E-state index in [1.165, 1.54) is 96.2 Å². The van der Waals surface area contributed by atoms with E-state index in [0.29, 0.717) is 31.2 Å². The van der Waals surface area contributed by atoms with Crippen LogP contribution in [0.25, 0.3) is 21.9 Å². The number of rotatable bonds is 28. The van der Waals surface area contributed by atoms with Crippen LogP contribution in [0.15, 0.2) is 53.6 Å². The Morgan fingerprint density at radius 3 is 2.14 bits per heavy atom. The summed E-state index contributed by atoms with van der Waals surface area (Å²) in [4.78, 5) is 23.0. The number of benzene rings is 2. The van der Waals surface area contributed by atoms with Crippen molar-refractivity contribution in [2.45, 2.75) is 129 Å². The minimum atomic E-state index is -3.76. The molecule has 0 amide bonds. The number of nitrogens with one attached hydrogen (secondary N) is 1. The molecule has 2 atom stereocenters. The number of imidazole rings is 1. The molecule has 0 saturated heterocycles. The van der Waals surface area contributed by atoms with Crippen LogP contribution in [0.3, 0.4) is 0 Å². The highest BCUT2D eigenvalue weighted by molar-refractivity contribution is 7.54. The van der Waals surface area contributed by atoms with Crippen molar-refractivity contribution in [3.8, 4) is 5.75 Å². The molecule has 4 rings (SSSR count). The predicted octanol–water partition coefficient (Wildman–Crippen LogP) is 9.78. The smallest absolute Gasteiger partial charge is 0.404 e. The molecule has 0 aliphatic rings. The van der Waals surface area contributed by atoms with Gasteiger partial charge in [0.2, 0.25) is 5.95 Å². The summed E-state index contributed by atoms with van der Waals surface area (Å²) in [6.07, 6.45) is 22.1. The van der Waals surface area contributed by atoms with Gasteiger partial charge in [0.15, 0.2) is 17.5 Å². The van der Waals surface area contributed by atoms with Crippen LogP contribution >= 0.6 is 7.60 Å². The van der Waals surface area contributed by atoms with Crippen LogP contribution in [-0.4, -0.2) is 51.8 Å². The van der Waals surface area contributed by atoms with Crippen LogP contribution in [0.4, 0.5) is 5.95 Å². The Labute approximate surface area is 303 Å². The van der Waals surface area contributed by atoms with E-state index in [4.69, 9.17) is 24.3 Å². The molecule has 0 spiro atoms. The van der Waals surface area contributed by atoms with Crippen molar-refractivity contribution >= 4 is 35.5 Å². The number of aromatic nitrogens is 4. The Morgan fingerprint density at radius 2 is 1.45 bits per heavy atom. The van der Waals surface area contributed by atoms with Crippen molar-refractivity contribution in [3.05, 3.63) is 59.1 Å². The zero-order valence-electron chi connectivity index (χ0n) is 30.9. The number of H-pyrrole nitrogens is 1. The summed E-state index contributed by atoms with van der Waals surface area (Å²) < 4.78 is 39.6. The van der Waals surface area contributed by atoms with Gasteiger partial charge in [0.25, 0.3) is 5.56 Å². The molecule has 4 aromatic rings. The van der Waals surface area contributed by atoms with Crippen molar-refractivity contribution in [1.82, 2.24) is 19.5 Å². The molecule has 0 fully saturated rings. The molecule has 0 aliphatic heterocycles. The largest absolute Gasteiger partial charge is 0.422 e. The van der Waals surface area contributed by atoms with Gasteiger partial charge in [0, 0.05) is 12.0 Å². The summed E-state index contributed by atoms with van der Waals surface area (Å²) in [6, 6.07) is 13.4. The summed E-state index contributed by atoms with van der Waals surface area (Å²) >= 11 is 0. The van der Waals surface area contributed by atoms with Gasteiger partial charge in [-0.2, -0.15) is 4.98 Å². The maximum absolute atomic E-state index is 14.1. The second-order valence-corrected chi connectivity index (χ2v) is 15.5. The Bertz CT molecular complexity index is 1670. The first-order valence-electron chi connectivity index (χ1n) is 19.2. The van der Waals surface area contributed by atoms with E-state index in [0.717, 1.165) is 23.6 Å². The average Bonchev–Trinajstić information content (AvgIpc) is 3.52. The zero-order valence-corrected chi connectivity index (χ0v) is 31.8. The Morgan fingerprint density at radius 1 is 0.824 bits per heavy atom. The third kappa shape index (κ3) is 14.4. The van der Waals surface area contributed by atoms with Crippen LogP contribution in [0.5, 0.6) is 5.75 Å². The number of ether oxygens (including phenoxy) is 2. The van der Waals surface area contributed by atoms with E-state index in [9.17, 15) is 9.36 Å². The maximum atomic E-state index is 14.1. The number of anilines is 1. The summed E-state index contributed by atoms with van der Waals surface area (Å²) in [7, 11) is -3.76. The molecule has 0 radical (unpaired) electrons. The van der Waals surface area contributed by atoms with Gasteiger partial charge in [0.05, 0.1) is 32.2 Å². The number of aromatic amines is 1. The maximum Gasteiger partial charge on any atom is 0.404 e. The Hall–Kier alpha value is -3.24. The Balaban J connectivity index is 1.14. The quantitative estimate of drug-likeness (QED) is 0.0432. The Kier molecular flexibility index (Phi) is 18.0.